The van der Waals surface area contributed by atoms with Crippen LogP contribution in [0, 0.1) is 0 Å². The first-order valence-electron chi connectivity index (χ1n) is 5.51. The van der Waals surface area contributed by atoms with Crippen LogP contribution in [-0.4, -0.2) is 5.11 Å². The van der Waals surface area contributed by atoms with Gasteiger partial charge in [0.05, 0.1) is 0 Å². The second-order valence-corrected chi connectivity index (χ2v) is 3.91. The lowest BCUT2D eigenvalue weighted by atomic mass is 9.94. The Labute approximate surface area is 86.8 Å². The number of hydrogen-bond donors (Lipinski definition) is 1. The van der Waals surface area contributed by atoms with E-state index in [4.69, 9.17) is 0 Å². The summed E-state index contributed by atoms with van der Waals surface area (Å²) in [7, 11) is 0. The largest absolute Gasteiger partial charge is 0.507 e. The fraction of sp³-hybridized carbons (Fsp3) is 0.538. The summed E-state index contributed by atoms with van der Waals surface area (Å²) in [6.45, 7) is 6.44. The maximum atomic E-state index is 10.0. The van der Waals surface area contributed by atoms with Gasteiger partial charge in [0, 0.05) is 0 Å². The van der Waals surface area contributed by atoms with Crippen LogP contribution in [0.2, 0.25) is 0 Å². The molecule has 0 radical (unpaired) electrons. The molecule has 78 valence electrons. The van der Waals surface area contributed by atoms with Gasteiger partial charge in [0.15, 0.2) is 0 Å². The van der Waals surface area contributed by atoms with Gasteiger partial charge in [-0.25, -0.2) is 0 Å². The van der Waals surface area contributed by atoms with E-state index in [1.54, 1.807) is 0 Å². The van der Waals surface area contributed by atoms with E-state index in [0.717, 1.165) is 30.4 Å². The molecule has 1 N–H and O–H groups in total. The quantitative estimate of drug-likeness (QED) is 0.768. The molecule has 0 saturated carbocycles. The first-order chi connectivity index (χ1) is 6.70. The molecule has 0 saturated heterocycles. The van der Waals surface area contributed by atoms with Crippen molar-refractivity contribution in [2.75, 3.05) is 0 Å². The fourth-order valence-electron chi connectivity index (χ4n) is 1.70. The van der Waals surface area contributed by atoms with Gasteiger partial charge in [-0.15, -0.1) is 0 Å². The van der Waals surface area contributed by atoms with Crippen molar-refractivity contribution in [1.29, 1.82) is 0 Å². The molecule has 0 fully saturated rings. The maximum Gasteiger partial charge on any atom is 0.122 e. The molecule has 0 spiro atoms. The van der Waals surface area contributed by atoms with Gasteiger partial charge < -0.3 is 5.11 Å². The van der Waals surface area contributed by atoms with Crippen LogP contribution in [0.25, 0.3) is 0 Å². The molecule has 0 amide bonds. The monoisotopic (exact) mass is 192 g/mol. The van der Waals surface area contributed by atoms with Gasteiger partial charge in [-0.2, -0.15) is 0 Å². The number of hydrogen-bond acceptors (Lipinski definition) is 1. The number of benzene rings is 1. The molecule has 1 heteroatoms. The van der Waals surface area contributed by atoms with E-state index in [1.165, 1.54) is 0 Å². The van der Waals surface area contributed by atoms with Crippen molar-refractivity contribution in [3.63, 3.8) is 0 Å². The van der Waals surface area contributed by atoms with Gasteiger partial charge in [0.2, 0.25) is 0 Å². The summed E-state index contributed by atoms with van der Waals surface area (Å²) in [6.07, 6.45) is 3.12. The average molecular weight is 192 g/mol. The lowest BCUT2D eigenvalue weighted by Gasteiger charge is -2.13. The van der Waals surface area contributed by atoms with E-state index >= 15 is 0 Å². The van der Waals surface area contributed by atoms with Crippen molar-refractivity contribution in [2.24, 2.45) is 0 Å². The van der Waals surface area contributed by atoms with Crippen LogP contribution in [0.5, 0.6) is 5.75 Å². The zero-order chi connectivity index (χ0) is 10.6. The minimum absolute atomic E-state index is 0.451. The highest BCUT2D eigenvalue weighted by Crippen LogP contribution is 2.31. The predicted octanol–water partition coefficient (Wildman–Crippen LogP) is 3.86. The Balaban J connectivity index is 3.00. The molecule has 0 aliphatic heterocycles. The second kappa shape index (κ2) is 5.04. The van der Waals surface area contributed by atoms with Crippen molar-refractivity contribution < 1.29 is 5.11 Å². The molecule has 1 nitrogen and oxygen atoms in total. The van der Waals surface area contributed by atoms with Gasteiger partial charge in [-0.1, -0.05) is 45.4 Å². The topological polar surface area (TPSA) is 20.2 Å². The number of aryl methyl sites for hydroxylation is 1. The van der Waals surface area contributed by atoms with Crippen molar-refractivity contribution in [2.45, 2.75) is 46.0 Å². The SMILES string of the molecule is CCCc1cccc([C@H](C)CC)c1O. The molecule has 0 bridgehead atoms. The minimum atomic E-state index is 0.451. The Kier molecular flexibility index (Phi) is 3.99. The van der Waals surface area contributed by atoms with Gasteiger partial charge in [0.1, 0.15) is 5.75 Å². The molecule has 0 unspecified atom stereocenters. The Morgan fingerprint density at radius 2 is 2.00 bits per heavy atom. The van der Waals surface area contributed by atoms with Gasteiger partial charge in [-0.3, -0.25) is 0 Å². The van der Waals surface area contributed by atoms with E-state index in [0.29, 0.717) is 11.7 Å². The molecular formula is C13H20O. The highest BCUT2D eigenvalue weighted by atomic mass is 16.3. The molecule has 1 aromatic carbocycles. The number of para-hydroxylation sites is 1. The summed E-state index contributed by atoms with van der Waals surface area (Å²) in [6, 6.07) is 6.10. The predicted molar refractivity (Wildman–Crippen MR) is 60.8 cm³/mol. The lowest BCUT2D eigenvalue weighted by Crippen LogP contribution is -1.95. The van der Waals surface area contributed by atoms with Crippen LogP contribution >= 0.6 is 0 Å². The van der Waals surface area contributed by atoms with Crippen LogP contribution in [0.1, 0.15) is 50.7 Å². The van der Waals surface area contributed by atoms with Crippen molar-refractivity contribution in [3.05, 3.63) is 29.3 Å². The van der Waals surface area contributed by atoms with E-state index in [-0.39, 0.29) is 0 Å². The standard InChI is InChI=1S/C13H20O/c1-4-7-11-8-6-9-12(13(11)14)10(3)5-2/h6,8-10,14H,4-5,7H2,1-3H3/t10-/m1/s1. The van der Waals surface area contributed by atoms with E-state index in [1.807, 2.05) is 18.2 Å². The summed E-state index contributed by atoms with van der Waals surface area (Å²) < 4.78 is 0. The molecule has 14 heavy (non-hydrogen) atoms. The first-order valence-corrected chi connectivity index (χ1v) is 5.51. The highest BCUT2D eigenvalue weighted by molar-refractivity contribution is 5.42. The Hall–Kier alpha value is -0.980. The normalized spacial score (nSPS) is 12.8. The second-order valence-electron chi connectivity index (χ2n) is 3.91. The Morgan fingerprint density at radius 3 is 2.57 bits per heavy atom. The molecule has 0 heterocycles. The number of phenolic OH excluding ortho intramolecular Hbond substituents is 1. The number of phenols is 1. The molecule has 1 rings (SSSR count). The zero-order valence-electron chi connectivity index (χ0n) is 9.38. The lowest BCUT2D eigenvalue weighted by molar-refractivity contribution is 0.454. The highest BCUT2D eigenvalue weighted by Gasteiger charge is 2.10. The summed E-state index contributed by atoms with van der Waals surface area (Å²) in [5.74, 6) is 0.968. The molecule has 0 aromatic heterocycles. The molecule has 1 atom stereocenters. The summed E-state index contributed by atoms with van der Waals surface area (Å²) >= 11 is 0. The van der Waals surface area contributed by atoms with E-state index in [9.17, 15) is 5.11 Å². The average Bonchev–Trinajstić information content (AvgIpc) is 2.20. The smallest absolute Gasteiger partial charge is 0.122 e. The summed E-state index contributed by atoms with van der Waals surface area (Å²) in [5, 5.41) is 10.0. The zero-order valence-corrected chi connectivity index (χ0v) is 9.38. The summed E-state index contributed by atoms with van der Waals surface area (Å²) in [4.78, 5) is 0. The van der Waals surface area contributed by atoms with E-state index in [2.05, 4.69) is 20.8 Å². The van der Waals surface area contributed by atoms with Gasteiger partial charge in [-0.05, 0) is 29.9 Å². The van der Waals surface area contributed by atoms with Crippen molar-refractivity contribution >= 4 is 0 Å². The molecule has 1 aromatic rings. The Bertz CT molecular complexity index is 291. The van der Waals surface area contributed by atoms with Crippen LogP contribution in [0.4, 0.5) is 0 Å². The Morgan fingerprint density at radius 1 is 1.29 bits per heavy atom. The van der Waals surface area contributed by atoms with Crippen LogP contribution in [0.3, 0.4) is 0 Å². The third kappa shape index (κ3) is 2.28. The van der Waals surface area contributed by atoms with Crippen molar-refractivity contribution in [1.82, 2.24) is 0 Å². The molecular weight excluding hydrogens is 172 g/mol. The van der Waals surface area contributed by atoms with Gasteiger partial charge >= 0.3 is 0 Å². The molecule has 0 aliphatic carbocycles. The minimum Gasteiger partial charge on any atom is -0.507 e. The number of aromatic hydroxyl groups is 1. The van der Waals surface area contributed by atoms with E-state index < -0.39 is 0 Å². The van der Waals surface area contributed by atoms with Crippen LogP contribution in [0.15, 0.2) is 18.2 Å². The third-order valence-corrected chi connectivity index (χ3v) is 2.81. The fourth-order valence-corrected chi connectivity index (χ4v) is 1.70. The van der Waals surface area contributed by atoms with Crippen LogP contribution < -0.4 is 0 Å². The number of rotatable bonds is 4. The molecule has 0 aliphatic rings. The maximum absolute atomic E-state index is 10.0. The van der Waals surface area contributed by atoms with Crippen LogP contribution in [-0.2, 0) is 6.42 Å². The third-order valence-electron chi connectivity index (χ3n) is 2.81. The van der Waals surface area contributed by atoms with Gasteiger partial charge in [0.25, 0.3) is 0 Å². The first kappa shape index (κ1) is 11.1. The summed E-state index contributed by atoms with van der Waals surface area (Å²) in [5.41, 5.74) is 2.18. The van der Waals surface area contributed by atoms with Crippen molar-refractivity contribution in [3.8, 4) is 5.75 Å².